The van der Waals surface area contributed by atoms with E-state index < -0.39 is 11.7 Å². The first-order valence-corrected chi connectivity index (χ1v) is 11.0. The number of hydrogen-bond acceptors (Lipinski definition) is 3. The van der Waals surface area contributed by atoms with Crippen molar-refractivity contribution in [3.63, 3.8) is 0 Å². The number of carbonyl (C=O) groups is 1. The number of carbonyl (C=O) groups excluding carboxylic acids is 1. The molecule has 30 heavy (non-hydrogen) atoms. The summed E-state index contributed by atoms with van der Waals surface area (Å²) in [4.78, 5) is 19.1. The van der Waals surface area contributed by atoms with Gasteiger partial charge in [0.1, 0.15) is 0 Å². The molecule has 3 rings (SSSR count). The number of nitrogens with zero attached hydrogens (tertiary/aromatic N) is 3. The normalized spacial score (nSPS) is 22.2. The van der Waals surface area contributed by atoms with Crippen LogP contribution >= 0.6 is 0 Å². The Labute approximate surface area is 178 Å². The van der Waals surface area contributed by atoms with Crippen LogP contribution in [0.5, 0.6) is 0 Å². The Kier molecular flexibility index (Phi) is 7.80. The maximum absolute atomic E-state index is 13.0. The minimum atomic E-state index is -4.30. The van der Waals surface area contributed by atoms with Gasteiger partial charge < -0.3 is 9.80 Å². The molecule has 168 valence electrons. The molecule has 1 aromatic rings. The summed E-state index contributed by atoms with van der Waals surface area (Å²) in [5.41, 5.74) is 0.111. The van der Waals surface area contributed by atoms with Crippen LogP contribution < -0.4 is 0 Å². The quantitative estimate of drug-likeness (QED) is 0.682. The van der Waals surface area contributed by atoms with Gasteiger partial charge in [-0.1, -0.05) is 18.2 Å². The molecule has 1 atom stereocenters. The third kappa shape index (κ3) is 6.45. The van der Waals surface area contributed by atoms with Crippen LogP contribution in [0.3, 0.4) is 0 Å². The Morgan fingerprint density at radius 1 is 1.17 bits per heavy atom. The Bertz CT molecular complexity index is 701. The summed E-state index contributed by atoms with van der Waals surface area (Å²) in [7, 11) is 4.05. The summed E-state index contributed by atoms with van der Waals surface area (Å²) in [6.07, 6.45) is 1.30. The van der Waals surface area contributed by atoms with E-state index in [-0.39, 0.29) is 5.91 Å². The molecule has 0 bridgehead atoms. The van der Waals surface area contributed by atoms with Crippen molar-refractivity contribution in [2.24, 2.45) is 5.92 Å². The minimum absolute atomic E-state index is 0.222. The highest BCUT2D eigenvalue weighted by Gasteiger charge is 2.31. The van der Waals surface area contributed by atoms with Gasteiger partial charge in [0.05, 0.1) is 5.56 Å². The van der Waals surface area contributed by atoms with Crippen LogP contribution in [0.1, 0.15) is 49.7 Å². The van der Waals surface area contributed by atoms with Crippen molar-refractivity contribution < 1.29 is 18.0 Å². The van der Waals surface area contributed by atoms with Gasteiger partial charge in [-0.15, -0.1) is 0 Å². The third-order valence-corrected chi connectivity index (χ3v) is 6.66. The average molecular weight is 426 g/mol. The highest BCUT2D eigenvalue weighted by molar-refractivity contribution is 5.76. The van der Waals surface area contributed by atoms with Gasteiger partial charge >= 0.3 is 6.18 Å². The van der Waals surface area contributed by atoms with E-state index in [1.165, 1.54) is 12.1 Å². The number of piperidine rings is 2. The molecule has 1 amide bonds. The smallest absolute Gasteiger partial charge is 0.343 e. The van der Waals surface area contributed by atoms with Crippen molar-refractivity contribution >= 4 is 5.91 Å². The minimum Gasteiger partial charge on any atom is -0.343 e. The zero-order valence-electron chi connectivity index (χ0n) is 18.1. The van der Waals surface area contributed by atoms with Crippen molar-refractivity contribution in [1.82, 2.24) is 14.7 Å². The molecule has 0 radical (unpaired) electrons. The lowest BCUT2D eigenvalue weighted by Gasteiger charge is -2.36. The fourth-order valence-electron chi connectivity index (χ4n) is 4.72. The number of likely N-dealkylation sites (tertiary alicyclic amines) is 2. The molecule has 2 aliphatic rings. The van der Waals surface area contributed by atoms with E-state index in [9.17, 15) is 18.0 Å². The fourth-order valence-corrected chi connectivity index (χ4v) is 4.72. The Morgan fingerprint density at radius 3 is 2.60 bits per heavy atom. The maximum atomic E-state index is 13.0. The molecule has 2 aliphatic heterocycles. The van der Waals surface area contributed by atoms with E-state index in [2.05, 4.69) is 16.8 Å². The number of hydrogen-bond donors (Lipinski definition) is 0. The number of rotatable bonds is 6. The van der Waals surface area contributed by atoms with Gasteiger partial charge in [0, 0.05) is 32.6 Å². The molecular weight excluding hydrogens is 391 g/mol. The topological polar surface area (TPSA) is 26.8 Å². The van der Waals surface area contributed by atoms with Crippen molar-refractivity contribution in [2.75, 3.05) is 40.3 Å². The zero-order chi connectivity index (χ0) is 21.7. The summed E-state index contributed by atoms with van der Waals surface area (Å²) >= 11 is 0. The molecule has 4 nitrogen and oxygen atoms in total. The van der Waals surface area contributed by atoms with Crippen molar-refractivity contribution in [3.8, 4) is 0 Å². The number of halogens is 3. The first-order valence-electron chi connectivity index (χ1n) is 11.0. The van der Waals surface area contributed by atoms with Crippen LogP contribution in [-0.4, -0.2) is 66.9 Å². The molecule has 0 N–H and O–H groups in total. The average Bonchev–Trinajstić information content (AvgIpc) is 2.72. The lowest BCUT2D eigenvalue weighted by Crippen LogP contribution is -2.44. The molecule has 7 heteroatoms. The highest BCUT2D eigenvalue weighted by Crippen LogP contribution is 2.30. The van der Waals surface area contributed by atoms with Crippen LogP contribution in [0, 0.1) is 5.92 Å². The van der Waals surface area contributed by atoms with Gasteiger partial charge in [0.2, 0.25) is 5.91 Å². The summed E-state index contributed by atoms with van der Waals surface area (Å²) in [5, 5.41) is 0. The lowest BCUT2D eigenvalue weighted by molar-refractivity contribution is -0.137. The van der Waals surface area contributed by atoms with E-state index in [1.54, 1.807) is 6.07 Å². The number of benzene rings is 1. The molecule has 0 aliphatic carbocycles. The fraction of sp³-hybridized carbons (Fsp3) is 0.696. The van der Waals surface area contributed by atoms with Crippen LogP contribution in [0.2, 0.25) is 0 Å². The largest absolute Gasteiger partial charge is 0.416 e. The van der Waals surface area contributed by atoms with E-state index in [1.807, 2.05) is 11.9 Å². The highest BCUT2D eigenvalue weighted by atomic mass is 19.4. The van der Waals surface area contributed by atoms with Gasteiger partial charge in [-0.05, 0) is 76.3 Å². The zero-order valence-corrected chi connectivity index (χ0v) is 18.1. The molecule has 0 aromatic heterocycles. The van der Waals surface area contributed by atoms with Gasteiger partial charge in [-0.2, -0.15) is 13.2 Å². The summed E-state index contributed by atoms with van der Waals surface area (Å²) in [6, 6.07) is 5.96. The van der Waals surface area contributed by atoms with Crippen molar-refractivity contribution in [3.05, 3.63) is 35.4 Å². The van der Waals surface area contributed by atoms with Crippen LogP contribution in [0.25, 0.3) is 0 Å². The van der Waals surface area contributed by atoms with Crippen LogP contribution in [0.15, 0.2) is 24.3 Å². The lowest BCUT2D eigenvalue weighted by atomic mass is 9.92. The molecule has 0 saturated carbocycles. The Balaban J connectivity index is 1.46. The predicted molar refractivity (Wildman–Crippen MR) is 112 cm³/mol. The van der Waals surface area contributed by atoms with Crippen LogP contribution in [0.4, 0.5) is 13.2 Å². The summed E-state index contributed by atoms with van der Waals surface area (Å²) < 4.78 is 38.9. The first kappa shape index (κ1) is 23.1. The predicted octanol–water partition coefficient (Wildman–Crippen LogP) is 4.25. The standard InChI is InChI=1S/C23H34F3N3O/c1-27-13-10-21(11-14-27)28(2)22(30)9-8-18-6-4-12-29(16-18)17-19-5-3-7-20(15-19)23(24,25)26/h3,5,7,15,18,21H,4,6,8-14,16-17H2,1-2H3/t18-/m1/s1. The second-order valence-electron chi connectivity index (χ2n) is 9.02. The second-order valence-corrected chi connectivity index (χ2v) is 9.02. The van der Waals surface area contributed by atoms with Gasteiger partial charge in [-0.3, -0.25) is 9.69 Å². The molecule has 2 fully saturated rings. The monoisotopic (exact) mass is 425 g/mol. The molecule has 1 aromatic carbocycles. The van der Waals surface area contributed by atoms with E-state index in [4.69, 9.17) is 0 Å². The van der Waals surface area contributed by atoms with Crippen molar-refractivity contribution in [1.29, 1.82) is 0 Å². The number of amides is 1. The van der Waals surface area contributed by atoms with Crippen LogP contribution in [-0.2, 0) is 17.5 Å². The van der Waals surface area contributed by atoms with E-state index in [0.29, 0.717) is 30.5 Å². The Morgan fingerprint density at radius 2 is 1.90 bits per heavy atom. The Hall–Kier alpha value is -1.60. The van der Waals surface area contributed by atoms with E-state index in [0.717, 1.165) is 64.3 Å². The van der Waals surface area contributed by atoms with Gasteiger partial charge in [-0.25, -0.2) is 0 Å². The maximum Gasteiger partial charge on any atom is 0.416 e. The molecule has 2 heterocycles. The SMILES string of the molecule is CN1CCC(N(C)C(=O)CC[C@H]2CCCN(Cc3cccc(C(F)(F)F)c3)C2)CC1. The van der Waals surface area contributed by atoms with Crippen molar-refractivity contribution in [2.45, 2.75) is 57.3 Å². The summed E-state index contributed by atoms with van der Waals surface area (Å²) in [6.45, 7) is 4.35. The molecular formula is C23H34F3N3O. The van der Waals surface area contributed by atoms with Gasteiger partial charge in [0.15, 0.2) is 0 Å². The second kappa shape index (κ2) is 10.1. The molecule has 2 saturated heterocycles. The number of alkyl halides is 3. The molecule has 0 unspecified atom stereocenters. The molecule has 0 spiro atoms. The summed E-state index contributed by atoms with van der Waals surface area (Å²) in [5.74, 6) is 0.652. The van der Waals surface area contributed by atoms with Gasteiger partial charge in [0.25, 0.3) is 0 Å². The third-order valence-electron chi connectivity index (χ3n) is 6.66. The van der Waals surface area contributed by atoms with E-state index >= 15 is 0 Å². The first-order chi connectivity index (χ1) is 14.2.